The zero-order valence-electron chi connectivity index (χ0n) is 14.9. The van der Waals surface area contributed by atoms with E-state index in [2.05, 4.69) is 10.2 Å². The number of aromatic amines is 1. The van der Waals surface area contributed by atoms with Gasteiger partial charge in [-0.1, -0.05) is 35.3 Å². The van der Waals surface area contributed by atoms with E-state index in [1.165, 1.54) is 0 Å². The lowest BCUT2D eigenvalue weighted by atomic mass is 9.86. The topological polar surface area (TPSA) is 69.2 Å². The van der Waals surface area contributed by atoms with Gasteiger partial charge in [0.25, 0.3) is 5.91 Å². The average molecular weight is 396 g/mol. The summed E-state index contributed by atoms with van der Waals surface area (Å²) in [6.45, 7) is 5.03. The van der Waals surface area contributed by atoms with Crippen molar-refractivity contribution in [1.29, 1.82) is 0 Å². The van der Waals surface area contributed by atoms with Crippen LogP contribution in [0.15, 0.2) is 24.3 Å². The summed E-state index contributed by atoms with van der Waals surface area (Å²) >= 11 is 12.3. The Morgan fingerprint density at radius 2 is 2.04 bits per heavy atom. The van der Waals surface area contributed by atoms with Gasteiger partial charge in [0.15, 0.2) is 0 Å². The van der Waals surface area contributed by atoms with Gasteiger partial charge in [-0.3, -0.25) is 9.89 Å². The highest BCUT2D eigenvalue weighted by Gasteiger charge is 2.28. The van der Waals surface area contributed by atoms with Gasteiger partial charge in [-0.25, -0.2) is 0 Å². The molecule has 140 valence electrons. The number of nitrogens with zero attached hydrogens (tertiary/aromatic N) is 2. The highest BCUT2D eigenvalue weighted by molar-refractivity contribution is 6.43. The zero-order valence-corrected chi connectivity index (χ0v) is 16.4. The van der Waals surface area contributed by atoms with Gasteiger partial charge in [-0.05, 0) is 51.2 Å². The van der Waals surface area contributed by atoms with Gasteiger partial charge >= 0.3 is 0 Å². The number of piperidine rings is 1. The number of hydrogen-bond donors (Lipinski definition) is 2. The van der Waals surface area contributed by atoms with E-state index in [0.717, 1.165) is 19.3 Å². The third-order valence-corrected chi connectivity index (χ3v) is 5.54. The average Bonchev–Trinajstić information content (AvgIpc) is 3.06. The van der Waals surface area contributed by atoms with Gasteiger partial charge in [0.05, 0.1) is 21.3 Å². The van der Waals surface area contributed by atoms with Crippen molar-refractivity contribution in [1.82, 2.24) is 15.1 Å². The second-order valence-electron chi connectivity index (χ2n) is 7.52. The van der Waals surface area contributed by atoms with Crippen LogP contribution in [0.5, 0.6) is 0 Å². The number of aliphatic hydroxyl groups is 1. The number of amides is 1. The van der Waals surface area contributed by atoms with Crippen LogP contribution in [-0.2, 0) is 0 Å². The van der Waals surface area contributed by atoms with Gasteiger partial charge in [0.2, 0.25) is 0 Å². The van der Waals surface area contributed by atoms with Crippen LogP contribution in [0, 0.1) is 5.92 Å². The van der Waals surface area contributed by atoms with Crippen molar-refractivity contribution >= 4 is 29.1 Å². The van der Waals surface area contributed by atoms with Crippen LogP contribution in [0.2, 0.25) is 10.0 Å². The molecule has 1 saturated heterocycles. The van der Waals surface area contributed by atoms with E-state index in [9.17, 15) is 9.90 Å². The number of H-pyrrole nitrogens is 1. The van der Waals surface area contributed by atoms with Crippen molar-refractivity contribution in [3.05, 3.63) is 40.0 Å². The van der Waals surface area contributed by atoms with Crippen LogP contribution in [0.25, 0.3) is 11.3 Å². The standard InChI is InChI=1S/C19H23Cl2N3O2/c1-19(2,26)11-12-6-8-24(9-7-12)18(25)16-10-15(22-23-16)13-4-3-5-14(20)17(13)21/h3-5,10,12,26H,6-9,11H2,1-2H3,(H,22,23). The molecule has 2 aromatic rings. The van der Waals surface area contributed by atoms with E-state index in [0.29, 0.717) is 46.0 Å². The normalized spacial score (nSPS) is 16.1. The molecular weight excluding hydrogens is 373 g/mol. The van der Waals surface area contributed by atoms with Gasteiger partial charge in [0, 0.05) is 18.7 Å². The summed E-state index contributed by atoms with van der Waals surface area (Å²) in [6, 6.07) is 7.04. The molecule has 1 amide bonds. The van der Waals surface area contributed by atoms with Crippen LogP contribution in [-0.4, -0.2) is 44.8 Å². The lowest BCUT2D eigenvalue weighted by molar-refractivity contribution is 0.0357. The summed E-state index contributed by atoms with van der Waals surface area (Å²) in [4.78, 5) is 14.6. The first-order chi connectivity index (χ1) is 12.2. The van der Waals surface area contributed by atoms with Gasteiger partial charge in [0.1, 0.15) is 5.69 Å². The molecule has 2 N–H and O–H groups in total. The van der Waals surface area contributed by atoms with E-state index in [1.54, 1.807) is 18.2 Å². The molecule has 0 atom stereocenters. The minimum Gasteiger partial charge on any atom is -0.390 e. The Bertz CT molecular complexity index is 790. The number of likely N-dealkylation sites (tertiary alicyclic amines) is 1. The van der Waals surface area contributed by atoms with Crippen molar-refractivity contribution in [3.8, 4) is 11.3 Å². The van der Waals surface area contributed by atoms with Crippen molar-refractivity contribution in [2.75, 3.05) is 13.1 Å². The van der Waals surface area contributed by atoms with E-state index in [1.807, 2.05) is 24.8 Å². The van der Waals surface area contributed by atoms with Crippen molar-refractivity contribution < 1.29 is 9.90 Å². The minimum absolute atomic E-state index is 0.0661. The molecule has 1 aliphatic heterocycles. The number of aromatic nitrogens is 2. The van der Waals surface area contributed by atoms with Gasteiger partial charge in [-0.2, -0.15) is 5.10 Å². The SMILES string of the molecule is CC(C)(O)CC1CCN(C(=O)c2cc(-c3cccc(Cl)c3Cl)n[nH]2)CC1. The Balaban J connectivity index is 1.67. The zero-order chi connectivity index (χ0) is 18.9. The van der Waals surface area contributed by atoms with Crippen LogP contribution in [0.1, 0.15) is 43.6 Å². The van der Waals surface area contributed by atoms with E-state index >= 15 is 0 Å². The molecule has 1 aliphatic rings. The Hall–Kier alpha value is -1.56. The molecule has 0 aliphatic carbocycles. The molecule has 0 saturated carbocycles. The highest BCUT2D eigenvalue weighted by Crippen LogP contribution is 2.33. The fourth-order valence-electron chi connectivity index (χ4n) is 3.49. The monoisotopic (exact) mass is 395 g/mol. The molecular formula is C19H23Cl2N3O2. The van der Waals surface area contributed by atoms with Gasteiger partial charge < -0.3 is 10.0 Å². The lowest BCUT2D eigenvalue weighted by Gasteiger charge is -2.34. The fraction of sp³-hybridized carbons (Fsp3) is 0.474. The molecule has 0 radical (unpaired) electrons. The molecule has 3 rings (SSSR count). The number of carbonyl (C=O) groups excluding carboxylic acids is 1. The molecule has 5 nitrogen and oxygen atoms in total. The summed E-state index contributed by atoms with van der Waals surface area (Å²) in [5.41, 5.74) is 1.07. The van der Waals surface area contributed by atoms with E-state index in [4.69, 9.17) is 23.2 Å². The predicted octanol–water partition coefficient (Wildman–Crippen LogP) is 4.40. The van der Waals surface area contributed by atoms with Gasteiger partial charge in [-0.15, -0.1) is 0 Å². The van der Waals surface area contributed by atoms with Crippen molar-refractivity contribution in [3.63, 3.8) is 0 Å². The Labute approximate surface area is 163 Å². The molecule has 1 aromatic heterocycles. The number of benzene rings is 1. The number of nitrogens with one attached hydrogen (secondary N) is 1. The van der Waals surface area contributed by atoms with Crippen LogP contribution in [0.4, 0.5) is 0 Å². The molecule has 26 heavy (non-hydrogen) atoms. The third kappa shape index (κ3) is 4.40. The minimum atomic E-state index is -0.661. The predicted molar refractivity (Wildman–Crippen MR) is 104 cm³/mol. The molecule has 7 heteroatoms. The number of carbonyl (C=O) groups is 1. The second kappa shape index (κ2) is 7.59. The second-order valence-corrected chi connectivity index (χ2v) is 8.31. The first-order valence-electron chi connectivity index (χ1n) is 8.76. The maximum atomic E-state index is 12.7. The molecule has 1 aromatic carbocycles. The van der Waals surface area contributed by atoms with Crippen LogP contribution >= 0.6 is 23.2 Å². The Kier molecular flexibility index (Phi) is 5.61. The maximum absolute atomic E-state index is 12.7. The summed E-state index contributed by atoms with van der Waals surface area (Å²) in [5, 5.41) is 17.9. The summed E-state index contributed by atoms with van der Waals surface area (Å²) < 4.78 is 0. The Morgan fingerprint density at radius 3 is 2.69 bits per heavy atom. The molecule has 2 heterocycles. The Morgan fingerprint density at radius 1 is 1.35 bits per heavy atom. The maximum Gasteiger partial charge on any atom is 0.271 e. The van der Waals surface area contributed by atoms with E-state index < -0.39 is 5.60 Å². The largest absolute Gasteiger partial charge is 0.390 e. The van der Waals surface area contributed by atoms with Crippen molar-refractivity contribution in [2.24, 2.45) is 5.92 Å². The molecule has 0 unspecified atom stereocenters. The highest BCUT2D eigenvalue weighted by atomic mass is 35.5. The van der Waals surface area contributed by atoms with Crippen LogP contribution in [0.3, 0.4) is 0 Å². The number of halogens is 2. The van der Waals surface area contributed by atoms with E-state index in [-0.39, 0.29) is 5.91 Å². The smallest absolute Gasteiger partial charge is 0.271 e. The molecule has 0 bridgehead atoms. The first kappa shape index (κ1) is 19.2. The molecule has 0 spiro atoms. The molecule has 1 fully saturated rings. The summed E-state index contributed by atoms with van der Waals surface area (Å²) in [7, 11) is 0. The first-order valence-corrected chi connectivity index (χ1v) is 9.51. The third-order valence-electron chi connectivity index (χ3n) is 4.73. The summed E-state index contributed by atoms with van der Waals surface area (Å²) in [5.74, 6) is 0.380. The fourth-order valence-corrected chi connectivity index (χ4v) is 3.89. The quantitative estimate of drug-likeness (QED) is 0.805. The van der Waals surface area contributed by atoms with Crippen molar-refractivity contribution in [2.45, 2.75) is 38.7 Å². The lowest BCUT2D eigenvalue weighted by Crippen LogP contribution is -2.40. The number of hydrogen-bond acceptors (Lipinski definition) is 3. The summed E-state index contributed by atoms with van der Waals surface area (Å²) in [6.07, 6.45) is 2.56. The number of rotatable bonds is 4. The van der Waals surface area contributed by atoms with Crippen LogP contribution < -0.4 is 0 Å².